The molecule has 2 aromatic carbocycles. The number of allylic oxidation sites excluding steroid dienone is 1. The molecule has 0 unspecified atom stereocenters. The average Bonchev–Trinajstić information content (AvgIpc) is 2.53. The number of benzene rings is 2. The van der Waals surface area contributed by atoms with Crippen LogP contribution in [0.3, 0.4) is 0 Å². The molecule has 108 valence electrons. The zero-order chi connectivity index (χ0) is 15.2. The maximum Gasteiger partial charge on any atom is 0.189 e. The third kappa shape index (κ3) is 3.64. The van der Waals surface area contributed by atoms with Crippen molar-refractivity contribution in [3.63, 3.8) is 0 Å². The van der Waals surface area contributed by atoms with Crippen LogP contribution in [0, 0.1) is 0 Å². The lowest BCUT2D eigenvalue weighted by Gasteiger charge is -2.07. The zero-order valence-electron chi connectivity index (χ0n) is 11.8. The van der Waals surface area contributed by atoms with Crippen molar-refractivity contribution in [2.45, 2.75) is 0 Å². The van der Waals surface area contributed by atoms with Gasteiger partial charge in [-0.15, -0.1) is 0 Å². The molecule has 0 fully saturated rings. The van der Waals surface area contributed by atoms with E-state index in [4.69, 9.17) is 21.1 Å². The van der Waals surface area contributed by atoms with Crippen LogP contribution in [-0.2, 0) is 0 Å². The van der Waals surface area contributed by atoms with E-state index in [0.29, 0.717) is 22.1 Å². The minimum absolute atomic E-state index is 0.175. The summed E-state index contributed by atoms with van der Waals surface area (Å²) in [5.74, 6) is 0.931. The molecule has 0 amide bonds. The smallest absolute Gasteiger partial charge is 0.189 e. The first-order valence-electron chi connectivity index (χ1n) is 6.34. The molecule has 0 atom stereocenters. The summed E-state index contributed by atoms with van der Waals surface area (Å²) in [6, 6.07) is 12.4. The number of methoxy groups -OCH3 is 2. The minimum atomic E-state index is -0.175. The SMILES string of the molecule is COc1ccc(OC)c(C(=O)C=Cc2ccccc2Cl)c1. The molecule has 0 aliphatic heterocycles. The van der Waals surface area contributed by atoms with Crippen LogP contribution >= 0.6 is 11.6 Å². The Morgan fingerprint density at radius 2 is 1.86 bits per heavy atom. The van der Waals surface area contributed by atoms with Crippen LogP contribution in [0.25, 0.3) is 6.08 Å². The fraction of sp³-hybridized carbons (Fsp3) is 0.118. The summed E-state index contributed by atoms with van der Waals surface area (Å²) < 4.78 is 10.3. The van der Waals surface area contributed by atoms with Crippen LogP contribution in [0.15, 0.2) is 48.5 Å². The number of ether oxygens (including phenoxy) is 2. The predicted molar refractivity (Wildman–Crippen MR) is 84.4 cm³/mol. The third-order valence-electron chi connectivity index (χ3n) is 2.99. The van der Waals surface area contributed by atoms with Crippen molar-refractivity contribution in [2.24, 2.45) is 0 Å². The molecule has 21 heavy (non-hydrogen) atoms. The van der Waals surface area contributed by atoms with Gasteiger partial charge in [0, 0.05) is 5.02 Å². The molecule has 0 aliphatic carbocycles. The van der Waals surface area contributed by atoms with E-state index >= 15 is 0 Å². The summed E-state index contributed by atoms with van der Waals surface area (Å²) in [5.41, 5.74) is 1.23. The van der Waals surface area contributed by atoms with Gasteiger partial charge in [-0.1, -0.05) is 29.8 Å². The van der Waals surface area contributed by atoms with E-state index in [9.17, 15) is 4.79 Å². The molecular weight excluding hydrogens is 288 g/mol. The Labute approximate surface area is 128 Å². The number of hydrogen-bond donors (Lipinski definition) is 0. The molecule has 0 aromatic heterocycles. The summed E-state index contributed by atoms with van der Waals surface area (Å²) in [7, 11) is 3.08. The van der Waals surface area contributed by atoms with E-state index in [1.165, 1.54) is 13.2 Å². The Hall–Kier alpha value is -2.26. The lowest BCUT2D eigenvalue weighted by molar-refractivity contribution is 0.104. The lowest BCUT2D eigenvalue weighted by Crippen LogP contribution is -1.99. The van der Waals surface area contributed by atoms with Gasteiger partial charge in [-0.2, -0.15) is 0 Å². The largest absolute Gasteiger partial charge is 0.497 e. The van der Waals surface area contributed by atoms with Gasteiger partial charge < -0.3 is 9.47 Å². The number of halogens is 1. The van der Waals surface area contributed by atoms with Gasteiger partial charge in [-0.25, -0.2) is 0 Å². The molecule has 3 nitrogen and oxygen atoms in total. The number of rotatable bonds is 5. The maximum absolute atomic E-state index is 12.3. The Morgan fingerprint density at radius 1 is 1.10 bits per heavy atom. The van der Waals surface area contributed by atoms with E-state index in [1.807, 2.05) is 18.2 Å². The van der Waals surface area contributed by atoms with Crippen molar-refractivity contribution in [2.75, 3.05) is 14.2 Å². The highest BCUT2D eigenvalue weighted by Gasteiger charge is 2.11. The minimum Gasteiger partial charge on any atom is -0.497 e. The van der Waals surface area contributed by atoms with Crippen LogP contribution in [0.2, 0.25) is 5.02 Å². The third-order valence-corrected chi connectivity index (χ3v) is 3.34. The van der Waals surface area contributed by atoms with Crippen LogP contribution in [0.4, 0.5) is 0 Å². The van der Waals surface area contributed by atoms with Gasteiger partial charge in [0.2, 0.25) is 0 Å². The number of ketones is 1. The van der Waals surface area contributed by atoms with E-state index in [0.717, 1.165) is 5.56 Å². The average molecular weight is 303 g/mol. The highest BCUT2D eigenvalue weighted by molar-refractivity contribution is 6.32. The zero-order valence-corrected chi connectivity index (χ0v) is 12.6. The number of carbonyl (C=O) groups is 1. The summed E-state index contributed by atoms with van der Waals surface area (Å²) in [6.45, 7) is 0. The molecule has 4 heteroatoms. The van der Waals surface area contributed by atoms with Gasteiger partial charge in [-0.3, -0.25) is 4.79 Å². The maximum atomic E-state index is 12.3. The standard InChI is InChI=1S/C17H15ClO3/c1-20-13-8-10-17(21-2)14(11-13)16(19)9-7-12-5-3-4-6-15(12)18/h3-11H,1-2H3. The Morgan fingerprint density at radius 3 is 2.52 bits per heavy atom. The van der Waals surface area contributed by atoms with Gasteiger partial charge >= 0.3 is 0 Å². The molecule has 0 spiro atoms. The predicted octanol–water partition coefficient (Wildman–Crippen LogP) is 4.25. The second kappa shape index (κ2) is 6.95. The molecule has 2 rings (SSSR count). The van der Waals surface area contributed by atoms with Crippen molar-refractivity contribution in [3.05, 3.63) is 64.7 Å². The molecule has 0 heterocycles. The topological polar surface area (TPSA) is 35.5 Å². The monoisotopic (exact) mass is 302 g/mol. The first-order valence-corrected chi connectivity index (χ1v) is 6.72. The van der Waals surface area contributed by atoms with Crippen molar-refractivity contribution >= 4 is 23.5 Å². The van der Waals surface area contributed by atoms with Gasteiger partial charge in [0.15, 0.2) is 5.78 Å². The van der Waals surface area contributed by atoms with Crippen molar-refractivity contribution in [1.82, 2.24) is 0 Å². The van der Waals surface area contributed by atoms with Crippen LogP contribution in [-0.4, -0.2) is 20.0 Å². The van der Waals surface area contributed by atoms with E-state index < -0.39 is 0 Å². The van der Waals surface area contributed by atoms with Gasteiger partial charge in [0.25, 0.3) is 0 Å². The molecule has 0 bridgehead atoms. The molecule has 0 radical (unpaired) electrons. The Bertz CT molecular complexity index is 677. The van der Waals surface area contributed by atoms with Crippen molar-refractivity contribution < 1.29 is 14.3 Å². The highest BCUT2D eigenvalue weighted by Crippen LogP contribution is 2.25. The fourth-order valence-corrected chi connectivity index (χ4v) is 2.07. The molecule has 0 N–H and O–H groups in total. The Balaban J connectivity index is 2.30. The van der Waals surface area contributed by atoms with E-state index in [1.54, 1.807) is 37.5 Å². The molecule has 0 aliphatic rings. The second-order valence-electron chi connectivity index (χ2n) is 4.29. The quantitative estimate of drug-likeness (QED) is 0.612. The summed E-state index contributed by atoms with van der Waals surface area (Å²) >= 11 is 6.05. The van der Waals surface area contributed by atoms with Crippen molar-refractivity contribution in [1.29, 1.82) is 0 Å². The van der Waals surface area contributed by atoms with Gasteiger partial charge in [-0.05, 0) is 42.0 Å². The van der Waals surface area contributed by atoms with E-state index in [2.05, 4.69) is 0 Å². The first kappa shape index (κ1) is 15.1. The number of hydrogen-bond acceptors (Lipinski definition) is 3. The second-order valence-corrected chi connectivity index (χ2v) is 4.69. The lowest BCUT2D eigenvalue weighted by atomic mass is 10.1. The molecular formula is C17H15ClO3. The first-order chi connectivity index (χ1) is 10.2. The van der Waals surface area contributed by atoms with E-state index in [-0.39, 0.29) is 5.78 Å². The van der Waals surface area contributed by atoms with Gasteiger partial charge in [0.05, 0.1) is 19.8 Å². The molecule has 2 aromatic rings. The van der Waals surface area contributed by atoms with Gasteiger partial charge in [0.1, 0.15) is 11.5 Å². The summed E-state index contributed by atoms with van der Waals surface area (Å²) in [5, 5.41) is 0.596. The molecule has 0 saturated heterocycles. The summed E-state index contributed by atoms with van der Waals surface area (Å²) in [6.07, 6.45) is 3.15. The number of carbonyl (C=O) groups excluding carboxylic acids is 1. The highest BCUT2D eigenvalue weighted by atomic mass is 35.5. The Kier molecular flexibility index (Phi) is 5.01. The van der Waals surface area contributed by atoms with Crippen LogP contribution < -0.4 is 9.47 Å². The fourth-order valence-electron chi connectivity index (χ4n) is 1.87. The normalized spacial score (nSPS) is 10.6. The van der Waals surface area contributed by atoms with Crippen LogP contribution in [0.5, 0.6) is 11.5 Å². The summed E-state index contributed by atoms with van der Waals surface area (Å²) in [4.78, 5) is 12.3. The van der Waals surface area contributed by atoms with Crippen molar-refractivity contribution in [3.8, 4) is 11.5 Å². The molecule has 0 saturated carbocycles. The van der Waals surface area contributed by atoms with Crippen LogP contribution in [0.1, 0.15) is 15.9 Å².